The van der Waals surface area contributed by atoms with Crippen LogP contribution in [0.15, 0.2) is 36.4 Å². The minimum absolute atomic E-state index is 0.262. The standard InChI is InChI=1S/C17H15N3O3/c1-23-14-9-8-13(10-2-6-12(7-3-10)17(21)22)16-18-15(11-4-5-11)19-20(14)16/h2-3,6-9,11H,4-5H2,1H3,(H,21,22). The van der Waals surface area contributed by atoms with Crippen molar-refractivity contribution in [2.24, 2.45) is 0 Å². The molecule has 0 bridgehead atoms. The molecule has 1 N–H and O–H groups in total. The lowest BCUT2D eigenvalue weighted by molar-refractivity contribution is 0.0697. The molecule has 6 heteroatoms. The van der Waals surface area contributed by atoms with Crippen molar-refractivity contribution in [1.29, 1.82) is 0 Å². The number of rotatable bonds is 4. The Hall–Kier alpha value is -2.89. The molecule has 6 nitrogen and oxygen atoms in total. The quantitative estimate of drug-likeness (QED) is 0.801. The first-order valence-corrected chi connectivity index (χ1v) is 7.45. The molecule has 0 saturated heterocycles. The molecule has 0 unspecified atom stereocenters. The molecule has 1 aromatic carbocycles. The highest BCUT2D eigenvalue weighted by Crippen LogP contribution is 2.39. The van der Waals surface area contributed by atoms with E-state index in [1.165, 1.54) is 0 Å². The van der Waals surface area contributed by atoms with Gasteiger partial charge in [-0.25, -0.2) is 9.78 Å². The van der Waals surface area contributed by atoms with E-state index >= 15 is 0 Å². The molecule has 3 aromatic rings. The normalized spacial score (nSPS) is 14.1. The van der Waals surface area contributed by atoms with Crippen molar-refractivity contribution in [2.75, 3.05) is 7.11 Å². The number of hydrogen-bond donors (Lipinski definition) is 1. The monoisotopic (exact) mass is 309 g/mol. The van der Waals surface area contributed by atoms with Crippen molar-refractivity contribution in [2.45, 2.75) is 18.8 Å². The first-order chi connectivity index (χ1) is 11.2. The number of aromatic carboxylic acids is 1. The third-order valence-corrected chi connectivity index (χ3v) is 4.06. The Balaban J connectivity index is 1.87. The van der Waals surface area contributed by atoms with Gasteiger partial charge in [-0.15, -0.1) is 5.10 Å². The van der Waals surface area contributed by atoms with E-state index in [2.05, 4.69) is 10.1 Å². The minimum atomic E-state index is -0.935. The third kappa shape index (κ3) is 2.32. The molecule has 2 aromatic heterocycles. The molecule has 116 valence electrons. The van der Waals surface area contributed by atoms with Gasteiger partial charge in [0, 0.05) is 17.5 Å². The number of carboxylic acid groups (broad SMARTS) is 1. The Kier molecular flexibility index (Phi) is 3.04. The number of hydrogen-bond acceptors (Lipinski definition) is 4. The Labute approximate surface area is 132 Å². The molecular weight excluding hydrogens is 294 g/mol. The van der Waals surface area contributed by atoms with E-state index in [1.807, 2.05) is 12.1 Å². The fraction of sp³-hybridized carbons (Fsp3) is 0.235. The number of nitrogens with zero attached hydrogens (tertiary/aromatic N) is 3. The number of carboxylic acids is 1. The van der Waals surface area contributed by atoms with Crippen molar-refractivity contribution >= 4 is 11.6 Å². The first-order valence-electron chi connectivity index (χ1n) is 7.45. The number of ether oxygens (including phenoxy) is 1. The van der Waals surface area contributed by atoms with Gasteiger partial charge in [0.1, 0.15) is 0 Å². The van der Waals surface area contributed by atoms with Crippen LogP contribution in [0.4, 0.5) is 0 Å². The summed E-state index contributed by atoms with van der Waals surface area (Å²) in [5.41, 5.74) is 2.80. The van der Waals surface area contributed by atoms with E-state index < -0.39 is 5.97 Å². The summed E-state index contributed by atoms with van der Waals surface area (Å²) >= 11 is 0. The fourth-order valence-electron chi connectivity index (χ4n) is 2.64. The van der Waals surface area contributed by atoms with Gasteiger partial charge < -0.3 is 9.84 Å². The maximum absolute atomic E-state index is 11.0. The van der Waals surface area contributed by atoms with Crippen LogP contribution in [-0.2, 0) is 0 Å². The molecule has 0 spiro atoms. The Morgan fingerprint density at radius 2 is 1.96 bits per heavy atom. The minimum Gasteiger partial charge on any atom is -0.481 e. The van der Waals surface area contributed by atoms with Crippen molar-refractivity contribution in [3.8, 4) is 17.0 Å². The maximum atomic E-state index is 11.0. The van der Waals surface area contributed by atoms with Crippen LogP contribution in [0.2, 0.25) is 0 Å². The Bertz CT molecular complexity index is 895. The largest absolute Gasteiger partial charge is 0.481 e. The van der Waals surface area contributed by atoms with Crippen molar-refractivity contribution < 1.29 is 14.6 Å². The van der Waals surface area contributed by atoms with Gasteiger partial charge in [0.05, 0.1) is 12.7 Å². The van der Waals surface area contributed by atoms with Crippen LogP contribution < -0.4 is 4.74 Å². The van der Waals surface area contributed by atoms with Crippen LogP contribution in [0.3, 0.4) is 0 Å². The summed E-state index contributed by atoms with van der Waals surface area (Å²) in [4.78, 5) is 15.7. The second-order valence-electron chi connectivity index (χ2n) is 5.65. The van der Waals surface area contributed by atoms with E-state index in [0.717, 1.165) is 35.4 Å². The zero-order chi connectivity index (χ0) is 16.0. The van der Waals surface area contributed by atoms with Gasteiger partial charge in [-0.05, 0) is 36.6 Å². The summed E-state index contributed by atoms with van der Waals surface area (Å²) in [6.07, 6.45) is 2.25. The van der Waals surface area contributed by atoms with Gasteiger partial charge in [0.15, 0.2) is 11.5 Å². The number of benzene rings is 1. The van der Waals surface area contributed by atoms with E-state index in [0.29, 0.717) is 11.8 Å². The smallest absolute Gasteiger partial charge is 0.335 e. The van der Waals surface area contributed by atoms with Gasteiger partial charge in [-0.1, -0.05) is 12.1 Å². The van der Waals surface area contributed by atoms with Crippen LogP contribution in [0, 0.1) is 0 Å². The molecule has 0 radical (unpaired) electrons. The van der Waals surface area contributed by atoms with Crippen LogP contribution >= 0.6 is 0 Å². The molecular formula is C17H15N3O3. The number of aromatic nitrogens is 3. The number of pyridine rings is 1. The lowest BCUT2D eigenvalue weighted by atomic mass is 10.1. The summed E-state index contributed by atoms with van der Waals surface area (Å²) in [7, 11) is 1.61. The second-order valence-corrected chi connectivity index (χ2v) is 5.65. The molecule has 0 aliphatic heterocycles. The first kappa shape index (κ1) is 13.8. The number of fused-ring (bicyclic) bond motifs is 1. The lowest BCUT2D eigenvalue weighted by Crippen LogP contribution is -1.98. The second kappa shape index (κ2) is 5.08. The van der Waals surface area contributed by atoms with Crippen LogP contribution in [-0.4, -0.2) is 32.8 Å². The maximum Gasteiger partial charge on any atom is 0.335 e. The Morgan fingerprint density at radius 1 is 1.22 bits per heavy atom. The molecule has 23 heavy (non-hydrogen) atoms. The predicted molar refractivity (Wildman–Crippen MR) is 83.9 cm³/mol. The molecule has 0 amide bonds. The van der Waals surface area contributed by atoms with E-state index in [4.69, 9.17) is 9.84 Å². The molecule has 1 aliphatic rings. The summed E-state index contributed by atoms with van der Waals surface area (Å²) in [5, 5.41) is 13.6. The average Bonchev–Trinajstić information content (AvgIpc) is 3.32. The van der Waals surface area contributed by atoms with Crippen molar-refractivity contribution in [3.05, 3.63) is 47.8 Å². The summed E-state index contributed by atoms with van der Waals surface area (Å²) in [5.74, 6) is 0.986. The summed E-state index contributed by atoms with van der Waals surface area (Å²) < 4.78 is 7.08. The third-order valence-electron chi connectivity index (χ3n) is 4.06. The molecule has 1 fully saturated rings. The topological polar surface area (TPSA) is 76.7 Å². The van der Waals surface area contributed by atoms with Gasteiger partial charge in [-0.3, -0.25) is 0 Å². The summed E-state index contributed by atoms with van der Waals surface area (Å²) in [6.45, 7) is 0. The lowest BCUT2D eigenvalue weighted by Gasteiger charge is -2.07. The SMILES string of the molecule is COc1ccc(-c2ccc(C(=O)O)cc2)c2nc(C3CC3)nn12. The zero-order valence-electron chi connectivity index (χ0n) is 12.6. The molecule has 1 saturated carbocycles. The fourth-order valence-corrected chi connectivity index (χ4v) is 2.64. The van der Waals surface area contributed by atoms with E-state index in [-0.39, 0.29) is 5.56 Å². The van der Waals surface area contributed by atoms with Gasteiger partial charge in [0.25, 0.3) is 0 Å². The number of carbonyl (C=O) groups is 1. The van der Waals surface area contributed by atoms with Crippen LogP contribution in [0.1, 0.15) is 34.9 Å². The van der Waals surface area contributed by atoms with E-state index in [1.54, 1.807) is 35.9 Å². The van der Waals surface area contributed by atoms with Crippen molar-refractivity contribution in [3.63, 3.8) is 0 Å². The highest BCUT2D eigenvalue weighted by Gasteiger charge is 2.29. The van der Waals surface area contributed by atoms with E-state index in [9.17, 15) is 4.79 Å². The van der Waals surface area contributed by atoms with Gasteiger partial charge in [0.2, 0.25) is 5.88 Å². The van der Waals surface area contributed by atoms with Crippen LogP contribution in [0.25, 0.3) is 16.8 Å². The highest BCUT2D eigenvalue weighted by atomic mass is 16.5. The van der Waals surface area contributed by atoms with Crippen molar-refractivity contribution in [1.82, 2.24) is 14.6 Å². The molecule has 1 aliphatic carbocycles. The summed E-state index contributed by atoms with van der Waals surface area (Å²) in [6, 6.07) is 10.5. The predicted octanol–water partition coefficient (Wildman–Crippen LogP) is 2.98. The highest BCUT2D eigenvalue weighted by molar-refractivity contribution is 5.89. The molecule has 0 atom stereocenters. The van der Waals surface area contributed by atoms with Crippen LogP contribution in [0.5, 0.6) is 5.88 Å². The average molecular weight is 309 g/mol. The molecule has 2 heterocycles. The molecule has 4 rings (SSSR count). The zero-order valence-corrected chi connectivity index (χ0v) is 12.6. The number of methoxy groups -OCH3 is 1. The Morgan fingerprint density at radius 3 is 2.57 bits per heavy atom. The van der Waals surface area contributed by atoms with Gasteiger partial charge >= 0.3 is 5.97 Å². The van der Waals surface area contributed by atoms with Gasteiger partial charge in [-0.2, -0.15) is 4.52 Å².